The molecule has 6 nitrogen and oxygen atoms in total. The number of likely N-dealkylation sites (tertiary alicyclic amines) is 1. The van der Waals surface area contributed by atoms with Gasteiger partial charge in [-0.3, -0.25) is 4.79 Å². The zero-order chi connectivity index (χ0) is 20.9. The average molecular weight is 462 g/mol. The molecule has 1 amide bonds. The van der Waals surface area contributed by atoms with Crippen LogP contribution in [0, 0.1) is 5.92 Å². The molecule has 1 aromatic rings. The van der Waals surface area contributed by atoms with Crippen LogP contribution >= 0.6 is 23.2 Å². The van der Waals surface area contributed by atoms with Crippen LogP contribution in [0.2, 0.25) is 10.0 Å². The summed E-state index contributed by atoms with van der Waals surface area (Å²) in [6.07, 6.45) is 5.10. The Morgan fingerprint density at radius 2 is 1.76 bits per heavy atom. The van der Waals surface area contributed by atoms with Gasteiger partial charge in [-0.25, -0.2) is 12.7 Å². The predicted octanol–water partition coefficient (Wildman–Crippen LogP) is 3.14. The third-order valence-electron chi connectivity index (χ3n) is 5.71. The molecular formula is C20H29Cl2N3O3S. The van der Waals surface area contributed by atoms with Gasteiger partial charge in [-0.1, -0.05) is 35.7 Å². The van der Waals surface area contributed by atoms with Crippen LogP contribution < -0.4 is 5.32 Å². The lowest BCUT2D eigenvalue weighted by Crippen LogP contribution is -2.47. The Bertz CT molecular complexity index is 793. The van der Waals surface area contributed by atoms with Gasteiger partial charge >= 0.3 is 0 Å². The van der Waals surface area contributed by atoms with E-state index in [1.54, 1.807) is 18.2 Å². The third-order valence-corrected chi connectivity index (χ3v) is 8.19. The van der Waals surface area contributed by atoms with Crippen molar-refractivity contribution in [1.82, 2.24) is 14.5 Å². The standard InChI is InChI=1S/C20H29Cl2N3O3S/c21-18-7-4-8-19(22)17(18)15-29(27,28)25-12-5-6-16(14-25)20(26)23-9-13-24-10-2-1-3-11-24/h4,7-8,16H,1-3,5-6,9-15H2,(H,23,26)/t16-/m1/s1. The maximum absolute atomic E-state index is 12.9. The molecule has 0 saturated carbocycles. The van der Waals surface area contributed by atoms with Gasteiger partial charge in [0.2, 0.25) is 15.9 Å². The van der Waals surface area contributed by atoms with Crippen molar-refractivity contribution in [2.24, 2.45) is 5.92 Å². The number of amides is 1. The first kappa shape index (κ1) is 22.8. The van der Waals surface area contributed by atoms with Crippen molar-refractivity contribution in [3.63, 3.8) is 0 Å². The minimum absolute atomic E-state index is 0.0577. The summed E-state index contributed by atoms with van der Waals surface area (Å²) in [6.45, 7) is 4.27. The first-order valence-electron chi connectivity index (χ1n) is 10.3. The van der Waals surface area contributed by atoms with Crippen molar-refractivity contribution >= 4 is 39.1 Å². The summed E-state index contributed by atoms with van der Waals surface area (Å²) in [5.41, 5.74) is 0.406. The Morgan fingerprint density at radius 3 is 2.45 bits per heavy atom. The molecule has 1 atom stereocenters. The van der Waals surface area contributed by atoms with Crippen molar-refractivity contribution < 1.29 is 13.2 Å². The zero-order valence-corrected chi connectivity index (χ0v) is 18.9. The Morgan fingerprint density at radius 1 is 1.07 bits per heavy atom. The van der Waals surface area contributed by atoms with Crippen molar-refractivity contribution in [2.45, 2.75) is 37.9 Å². The summed E-state index contributed by atoms with van der Waals surface area (Å²) < 4.78 is 27.2. The fraction of sp³-hybridized carbons (Fsp3) is 0.650. The van der Waals surface area contributed by atoms with E-state index in [4.69, 9.17) is 23.2 Å². The molecule has 0 aromatic heterocycles. The van der Waals surface area contributed by atoms with Gasteiger partial charge in [0.25, 0.3) is 0 Å². The van der Waals surface area contributed by atoms with E-state index in [1.165, 1.54) is 23.6 Å². The molecule has 29 heavy (non-hydrogen) atoms. The lowest BCUT2D eigenvalue weighted by Gasteiger charge is -2.32. The predicted molar refractivity (Wildman–Crippen MR) is 117 cm³/mol. The van der Waals surface area contributed by atoms with Crippen LogP contribution in [0.1, 0.15) is 37.7 Å². The van der Waals surface area contributed by atoms with Gasteiger partial charge < -0.3 is 10.2 Å². The van der Waals surface area contributed by atoms with Crippen molar-refractivity contribution in [1.29, 1.82) is 0 Å². The molecule has 0 radical (unpaired) electrons. The molecule has 3 rings (SSSR count). The molecule has 2 heterocycles. The number of benzene rings is 1. The number of sulfonamides is 1. The number of piperidine rings is 2. The van der Waals surface area contributed by atoms with Crippen LogP contribution in [0.15, 0.2) is 18.2 Å². The number of hydrogen-bond acceptors (Lipinski definition) is 4. The molecular weight excluding hydrogens is 433 g/mol. The molecule has 0 unspecified atom stereocenters. The number of rotatable bonds is 7. The molecule has 2 saturated heterocycles. The average Bonchev–Trinajstić information content (AvgIpc) is 2.72. The van der Waals surface area contributed by atoms with Crippen LogP contribution in [0.25, 0.3) is 0 Å². The normalized spacial score (nSPS) is 21.8. The van der Waals surface area contributed by atoms with Gasteiger partial charge in [0, 0.05) is 41.8 Å². The highest BCUT2D eigenvalue weighted by Gasteiger charge is 2.33. The second-order valence-corrected chi connectivity index (χ2v) is 10.6. The number of carbonyl (C=O) groups excluding carboxylic acids is 1. The maximum atomic E-state index is 12.9. The quantitative estimate of drug-likeness (QED) is 0.676. The van der Waals surface area contributed by atoms with Gasteiger partial charge in [-0.15, -0.1) is 0 Å². The highest BCUT2D eigenvalue weighted by molar-refractivity contribution is 7.88. The van der Waals surface area contributed by atoms with E-state index in [0.29, 0.717) is 41.5 Å². The van der Waals surface area contributed by atoms with E-state index in [1.807, 2.05) is 0 Å². The molecule has 2 fully saturated rings. The van der Waals surface area contributed by atoms with E-state index in [2.05, 4.69) is 10.2 Å². The topological polar surface area (TPSA) is 69.7 Å². The smallest absolute Gasteiger partial charge is 0.224 e. The maximum Gasteiger partial charge on any atom is 0.224 e. The van der Waals surface area contributed by atoms with Gasteiger partial charge in [0.15, 0.2) is 0 Å². The van der Waals surface area contributed by atoms with E-state index in [-0.39, 0.29) is 24.1 Å². The summed E-state index contributed by atoms with van der Waals surface area (Å²) in [6, 6.07) is 4.95. The van der Waals surface area contributed by atoms with E-state index in [9.17, 15) is 13.2 Å². The number of nitrogens with one attached hydrogen (secondary N) is 1. The molecule has 1 N–H and O–H groups in total. The summed E-state index contributed by atoms with van der Waals surface area (Å²) in [7, 11) is -3.61. The van der Waals surface area contributed by atoms with E-state index in [0.717, 1.165) is 19.6 Å². The number of nitrogens with zero attached hydrogens (tertiary/aromatic N) is 2. The van der Waals surface area contributed by atoms with Crippen LogP contribution in [0.3, 0.4) is 0 Å². The number of hydrogen-bond donors (Lipinski definition) is 1. The summed E-state index contributed by atoms with van der Waals surface area (Å²) in [5, 5.41) is 3.67. The second kappa shape index (κ2) is 10.4. The molecule has 0 spiro atoms. The molecule has 2 aliphatic rings. The number of carbonyl (C=O) groups is 1. The lowest BCUT2D eigenvalue weighted by molar-refractivity contribution is -0.126. The Hall–Kier alpha value is -0.860. The zero-order valence-electron chi connectivity index (χ0n) is 16.6. The van der Waals surface area contributed by atoms with Crippen molar-refractivity contribution in [2.75, 3.05) is 39.3 Å². The minimum atomic E-state index is -3.61. The second-order valence-electron chi connectivity index (χ2n) is 7.85. The first-order chi connectivity index (χ1) is 13.9. The Balaban J connectivity index is 1.54. The van der Waals surface area contributed by atoms with Crippen LogP contribution in [-0.2, 0) is 20.6 Å². The first-order valence-corrected chi connectivity index (χ1v) is 12.6. The summed E-state index contributed by atoms with van der Waals surface area (Å²) in [5.74, 6) is -0.631. The van der Waals surface area contributed by atoms with Gasteiger partial charge in [-0.2, -0.15) is 0 Å². The molecule has 1 aromatic carbocycles. The molecule has 162 valence electrons. The monoisotopic (exact) mass is 461 g/mol. The largest absolute Gasteiger partial charge is 0.355 e. The third kappa shape index (κ3) is 6.31. The molecule has 0 aliphatic carbocycles. The number of halogens is 2. The highest BCUT2D eigenvalue weighted by Crippen LogP contribution is 2.29. The van der Waals surface area contributed by atoms with Gasteiger partial charge in [0.05, 0.1) is 11.7 Å². The van der Waals surface area contributed by atoms with Crippen LogP contribution in [0.5, 0.6) is 0 Å². The summed E-state index contributed by atoms with van der Waals surface area (Å²) in [4.78, 5) is 15.0. The highest BCUT2D eigenvalue weighted by atomic mass is 35.5. The van der Waals surface area contributed by atoms with Gasteiger partial charge in [-0.05, 0) is 50.9 Å². The van der Waals surface area contributed by atoms with Crippen molar-refractivity contribution in [3.8, 4) is 0 Å². The fourth-order valence-electron chi connectivity index (χ4n) is 4.02. The Kier molecular flexibility index (Phi) is 8.22. The van der Waals surface area contributed by atoms with Crippen LogP contribution in [0.4, 0.5) is 0 Å². The van der Waals surface area contributed by atoms with Crippen LogP contribution in [-0.4, -0.2) is 62.8 Å². The molecule has 2 aliphatic heterocycles. The molecule has 9 heteroatoms. The van der Waals surface area contributed by atoms with E-state index < -0.39 is 10.0 Å². The summed E-state index contributed by atoms with van der Waals surface area (Å²) >= 11 is 12.3. The minimum Gasteiger partial charge on any atom is -0.355 e. The fourth-order valence-corrected chi connectivity index (χ4v) is 6.38. The van der Waals surface area contributed by atoms with Crippen molar-refractivity contribution in [3.05, 3.63) is 33.8 Å². The lowest BCUT2D eigenvalue weighted by atomic mass is 9.99. The Labute approximate surface area is 183 Å². The van der Waals surface area contributed by atoms with E-state index >= 15 is 0 Å². The van der Waals surface area contributed by atoms with Gasteiger partial charge in [0.1, 0.15) is 0 Å². The molecule has 0 bridgehead atoms. The SMILES string of the molecule is O=C(NCCN1CCCCC1)[C@@H]1CCCN(S(=O)(=O)Cc2c(Cl)cccc2Cl)C1.